The Morgan fingerprint density at radius 1 is 1.50 bits per heavy atom. The van der Waals surface area contributed by atoms with Gasteiger partial charge < -0.3 is 10.8 Å². The molecule has 14 heavy (non-hydrogen) atoms. The second kappa shape index (κ2) is 2.90. The summed E-state index contributed by atoms with van der Waals surface area (Å²) in [5, 5.41) is 10.3. The Morgan fingerprint density at radius 3 is 2.86 bits per heavy atom. The summed E-state index contributed by atoms with van der Waals surface area (Å²) in [6.07, 6.45) is 1.63. The van der Waals surface area contributed by atoms with Crippen LogP contribution in [0, 0.1) is 0 Å². The third-order valence-corrected chi connectivity index (χ3v) is 2.79. The summed E-state index contributed by atoms with van der Waals surface area (Å²) in [7, 11) is 0. The van der Waals surface area contributed by atoms with Gasteiger partial charge in [-0.3, -0.25) is 0 Å². The number of aromatic nitrogens is 2. The Kier molecular flexibility index (Phi) is 1.94. The Morgan fingerprint density at radius 2 is 2.21 bits per heavy atom. The van der Waals surface area contributed by atoms with E-state index >= 15 is 0 Å². The normalized spacial score (nSPS) is 12.2. The molecule has 3 N–H and O–H groups in total. The van der Waals surface area contributed by atoms with Gasteiger partial charge in [0, 0.05) is 11.8 Å². The van der Waals surface area contributed by atoms with Gasteiger partial charge in [0.2, 0.25) is 0 Å². The number of thiazole rings is 1. The molecule has 0 aliphatic heterocycles. The van der Waals surface area contributed by atoms with Crippen LogP contribution in [0.3, 0.4) is 0 Å². The molecule has 2 rings (SSSR count). The van der Waals surface area contributed by atoms with E-state index in [1.165, 1.54) is 11.3 Å². The van der Waals surface area contributed by atoms with Crippen LogP contribution in [0.4, 0.5) is 5.13 Å². The first-order chi connectivity index (χ1) is 6.47. The fourth-order valence-electron chi connectivity index (χ4n) is 1.17. The number of nitrogens with zero attached hydrogens (tertiary/aromatic N) is 2. The van der Waals surface area contributed by atoms with E-state index in [0.29, 0.717) is 10.8 Å². The number of pyridine rings is 1. The Hall–Kier alpha value is -1.20. The van der Waals surface area contributed by atoms with E-state index in [-0.39, 0.29) is 0 Å². The fourth-order valence-corrected chi connectivity index (χ4v) is 1.90. The van der Waals surface area contributed by atoms with Gasteiger partial charge >= 0.3 is 0 Å². The maximum atomic E-state index is 9.77. The lowest BCUT2D eigenvalue weighted by atomic mass is 10.0. The zero-order chi connectivity index (χ0) is 10.3. The lowest BCUT2D eigenvalue weighted by Gasteiger charge is -2.16. The van der Waals surface area contributed by atoms with Crippen LogP contribution < -0.4 is 5.73 Å². The molecule has 0 aliphatic rings. The third kappa shape index (κ3) is 1.56. The molecule has 2 heterocycles. The average molecular weight is 209 g/mol. The summed E-state index contributed by atoms with van der Waals surface area (Å²) in [6, 6.07) is 1.87. The average Bonchev–Trinajstić information content (AvgIpc) is 2.41. The summed E-state index contributed by atoms with van der Waals surface area (Å²) >= 11 is 1.38. The molecular formula is C9H11N3OS. The van der Waals surface area contributed by atoms with Crippen LogP contribution in [0.2, 0.25) is 0 Å². The SMILES string of the molecule is CC(C)(O)c1cnc2nc(N)sc2c1. The third-order valence-electron chi connectivity index (χ3n) is 1.97. The standard InChI is InChI=1S/C9H11N3OS/c1-9(2,13)5-3-6-7(11-4-5)12-8(10)14-6/h3-4,13H,1-2H3,(H2,10,11,12). The highest BCUT2D eigenvalue weighted by molar-refractivity contribution is 7.22. The lowest BCUT2D eigenvalue weighted by molar-refractivity contribution is 0.0784. The molecule has 0 unspecified atom stereocenters. The molecule has 0 spiro atoms. The molecule has 74 valence electrons. The van der Waals surface area contributed by atoms with Crippen molar-refractivity contribution in [2.45, 2.75) is 19.4 Å². The maximum absolute atomic E-state index is 9.77. The first kappa shape index (κ1) is 9.36. The first-order valence-corrected chi connectivity index (χ1v) is 5.03. The number of anilines is 1. The Bertz CT molecular complexity index is 472. The van der Waals surface area contributed by atoms with Gasteiger partial charge in [-0.25, -0.2) is 9.97 Å². The number of rotatable bonds is 1. The highest BCUT2D eigenvalue weighted by Crippen LogP contribution is 2.27. The summed E-state index contributed by atoms with van der Waals surface area (Å²) in [6.45, 7) is 3.44. The van der Waals surface area contributed by atoms with Gasteiger partial charge in [0.25, 0.3) is 0 Å². The molecule has 0 aromatic carbocycles. The van der Waals surface area contributed by atoms with E-state index in [1.807, 2.05) is 6.07 Å². The van der Waals surface area contributed by atoms with Crippen molar-refractivity contribution in [2.75, 3.05) is 5.73 Å². The number of fused-ring (bicyclic) bond motifs is 1. The van der Waals surface area contributed by atoms with Crippen LogP contribution in [0.15, 0.2) is 12.3 Å². The van der Waals surface area contributed by atoms with Crippen LogP contribution in [0.1, 0.15) is 19.4 Å². The molecule has 0 saturated carbocycles. The van der Waals surface area contributed by atoms with Crippen molar-refractivity contribution < 1.29 is 5.11 Å². The van der Waals surface area contributed by atoms with Crippen LogP contribution in [-0.4, -0.2) is 15.1 Å². The second-order valence-corrected chi connectivity index (χ2v) is 4.72. The van der Waals surface area contributed by atoms with Crippen molar-refractivity contribution >= 4 is 26.8 Å². The number of hydrogen-bond donors (Lipinski definition) is 2. The van der Waals surface area contributed by atoms with Gasteiger partial charge in [-0.05, 0) is 19.9 Å². The molecule has 2 aromatic heterocycles. The minimum Gasteiger partial charge on any atom is -0.386 e. The molecule has 0 saturated heterocycles. The quantitative estimate of drug-likeness (QED) is 0.746. The smallest absolute Gasteiger partial charge is 0.182 e. The lowest BCUT2D eigenvalue weighted by Crippen LogP contribution is -2.15. The zero-order valence-electron chi connectivity index (χ0n) is 7.98. The first-order valence-electron chi connectivity index (χ1n) is 4.22. The fraction of sp³-hybridized carbons (Fsp3) is 0.333. The van der Waals surface area contributed by atoms with Crippen molar-refractivity contribution in [2.24, 2.45) is 0 Å². The molecule has 0 fully saturated rings. The number of aliphatic hydroxyl groups is 1. The van der Waals surface area contributed by atoms with Crippen molar-refractivity contribution in [1.82, 2.24) is 9.97 Å². The van der Waals surface area contributed by atoms with E-state index in [0.717, 1.165) is 10.3 Å². The van der Waals surface area contributed by atoms with Crippen molar-refractivity contribution in [1.29, 1.82) is 0 Å². The van der Waals surface area contributed by atoms with Gasteiger partial charge in [-0.1, -0.05) is 11.3 Å². The van der Waals surface area contributed by atoms with Gasteiger partial charge in [0.1, 0.15) is 0 Å². The van der Waals surface area contributed by atoms with Crippen molar-refractivity contribution in [3.63, 3.8) is 0 Å². The van der Waals surface area contributed by atoms with Crippen LogP contribution in [-0.2, 0) is 5.60 Å². The van der Waals surface area contributed by atoms with Gasteiger partial charge in [0.15, 0.2) is 10.8 Å². The van der Waals surface area contributed by atoms with Crippen molar-refractivity contribution in [3.05, 3.63) is 17.8 Å². The maximum Gasteiger partial charge on any atom is 0.182 e. The van der Waals surface area contributed by atoms with Gasteiger partial charge in [0.05, 0.1) is 10.3 Å². The van der Waals surface area contributed by atoms with Crippen LogP contribution in [0.5, 0.6) is 0 Å². The Labute approximate surface area is 85.4 Å². The van der Waals surface area contributed by atoms with E-state index < -0.39 is 5.60 Å². The predicted molar refractivity (Wildman–Crippen MR) is 57.1 cm³/mol. The molecular weight excluding hydrogens is 198 g/mol. The van der Waals surface area contributed by atoms with E-state index in [1.54, 1.807) is 20.0 Å². The summed E-state index contributed by atoms with van der Waals surface area (Å²) in [4.78, 5) is 8.17. The zero-order valence-corrected chi connectivity index (χ0v) is 8.80. The largest absolute Gasteiger partial charge is 0.386 e. The predicted octanol–water partition coefficient (Wildman–Crippen LogP) is 1.50. The van der Waals surface area contributed by atoms with Crippen LogP contribution in [0.25, 0.3) is 10.3 Å². The molecule has 0 radical (unpaired) electrons. The number of nitrogens with two attached hydrogens (primary N) is 1. The van der Waals surface area contributed by atoms with E-state index in [4.69, 9.17) is 5.73 Å². The van der Waals surface area contributed by atoms with Crippen molar-refractivity contribution in [3.8, 4) is 0 Å². The minimum absolute atomic E-state index is 0.500. The van der Waals surface area contributed by atoms with E-state index in [9.17, 15) is 5.11 Å². The van der Waals surface area contributed by atoms with Gasteiger partial charge in [-0.15, -0.1) is 0 Å². The molecule has 0 amide bonds. The topological polar surface area (TPSA) is 72.0 Å². The van der Waals surface area contributed by atoms with Gasteiger partial charge in [-0.2, -0.15) is 0 Å². The minimum atomic E-state index is -0.875. The molecule has 4 nitrogen and oxygen atoms in total. The highest BCUT2D eigenvalue weighted by atomic mass is 32.1. The highest BCUT2D eigenvalue weighted by Gasteiger charge is 2.17. The van der Waals surface area contributed by atoms with E-state index in [2.05, 4.69) is 9.97 Å². The molecule has 0 aliphatic carbocycles. The monoisotopic (exact) mass is 209 g/mol. The molecule has 0 atom stereocenters. The molecule has 2 aromatic rings. The second-order valence-electron chi connectivity index (χ2n) is 3.66. The molecule has 5 heteroatoms. The summed E-state index contributed by atoms with van der Waals surface area (Å²) in [5.41, 5.74) is 6.09. The Balaban J connectivity index is 2.62. The molecule has 0 bridgehead atoms. The summed E-state index contributed by atoms with van der Waals surface area (Å²) in [5.74, 6) is 0. The van der Waals surface area contributed by atoms with Crippen LogP contribution >= 0.6 is 11.3 Å². The number of nitrogen functional groups attached to an aromatic ring is 1. The summed E-state index contributed by atoms with van der Waals surface area (Å²) < 4.78 is 0.905. The number of hydrogen-bond acceptors (Lipinski definition) is 5.